The number of carboxylic acid groups (broad SMARTS) is 2. The van der Waals surface area contributed by atoms with Crippen LogP contribution in [0.5, 0.6) is 0 Å². The number of carbonyl (C=O) groups is 2. The summed E-state index contributed by atoms with van der Waals surface area (Å²) in [5.74, 6) is -3.02. The Labute approximate surface area is 193 Å². The summed E-state index contributed by atoms with van der Waals surface area (Å²) in [6.07, 6.45) is 5.14. The van der Waals surface area contributed by atoms with Crippen LogP contribution in [-0.4, -0.2) is 46.6 Å². The van der Waals surface area contributed by atoms with Crippen molar-refractivity contribution >= 4 is 33.6 Å². The first kappa shape index (κ1) is 25.7. The van der Waals surface area contributed by atoms with E-state index in [9.17, 15) is 22.4 Å². The monoisotopic (exact) mass is 495 g/mol. The summed E-state index contributed by atoms with van der Waals surface area (Å²) in [7, 11) is -2.23. The van der Waals surface area contributed by atoms with Gasteiger partial charge < -0.3 is 15.5 Å². The Hall–Kier alpha value is -3.54. The molecule has 0 aliphatic rings. The molecule has 0 fully saturated rings. The summed E-state index contributed by atoms with van der Waals surface area (Å²) in [5.41, 5.74) is 1.14. The number of carboxylic acids is 2. The van der Waals surface area contributed by atoms with E-state index in [-0.39, 0.29) is 21.2 Å². The predicted molar refractivity (Wildman–Crippen MR) is 119 cm³/mol. The molecule has 3 N–H and O–H groups in total. The molecule has 2 heterocycles. The van der Waals surface area contributed by atoms with Gasteiger partial charge in [-0.1, -0.05) is 23.7 Å². The largest absolute Gasteiger partial charge is 0.478 e. The first-order valence-electron chi connectivity index (χ1n) is 9.17. The minimum Gasteiger partial charge on any atom is -0.478 e. The zero-order chi connectivity index (χ0) is 24.6. The highest BCUT2D eigenvalue weighted by atomic mass is 35.5. The molecule has 0 amide bonds. The van der Waals surface area contributed by atoms with Crippen LogP contribution in [0.4, 0.5) is 4.39 Å². The maximum atomic E-state index is 14.2. The van der Waals surface area contributed by atoms with E-state index in [0.29, 0.717) is 24.3 Å². The standard InChI is InChI=1S/C17H15ClFN3O2S.C4H4O4/c1-20-8-12-6-17(15-4-2-3-5-16(15)19)22(11-12)25(23,24)14-7-13(18)9-21-10-14;5-3(6)1-2-4(7)8/h2-7,9-11,20H,8H2,1H3;1-2H,(H,5,6)(H,7,8)/b;2-1+. The van der Waals surface area contributed by atoms with Crippen molar-refractivity contribution < 1.29 is 32.6 Å². The minimum atomic E-state index is -3.98. The van der Waals surface area contributed by atoms with Crippen molar-refractivity contribution in [2.75, 3.05) is 7.05 Å². The molecule has 0 spiro atoms. The van der Waals surface area contributed by atoms with E-state index in [2.05, 4.69) is 10.3 Å². The van der Waals surface area contributed by atoms with Gasteiger partial charge in [-0.2, -0.15) is 0 Å². The predicted octanol–water partition coefficient (Wildman–Crippen LogP) is 3.01. The van der Waals surface area contributed by atoms with E-state index < -0.39 is 27.8 Å². The number of nitrogens with one attached hydrogen (secondary N) is 1. The van der Waals surface area contributed by atoms with Crippen molar-refractivity contribution in [3.63, 3.8) is 0 Å². The molecule has 3 rings (SSSR count). The number of hydrogen-bond acceptors (Lipinski definition) is 6. The van der Waals surface area contributed by atoms with Crippen LogP contribution in [-0.2, 0) is 26.2 Å². The van der Waals surface area contributed by atoms with Gasteiger partial charge in [0.05, 0.1) is 10.7 Å². The van der Waals surface area contributed by atoms with Gasteiger partial charge in [0, 0.05) is 42.9 Å². The highest BCUT2D eigenvalue weighted by Gasteiger charge is 2.23. The zero-order valence-corrected chi connectivity index (χ0v) is 18.7. The summed E-state index contributed by atoms with van der Waals surface area (Å²) in [6, 6.07) is 8.99. The summed E-state index contributed by atoms with van der Waals surface area (Å²) >= 11 is 5.87. The number of aliphatic carboxylic acids is 2. The number of hydrogen-bond donors (Lipinski definition) is 3. The van der Waals surface area contributed by atoms with E-state index in [1.807, 2.05) is 0 Å². The first-order valence-corrected chi connectivity index (χ1v) is 11.0. The second kappa shape index (κ2) is 11.4. The Morgan fingerprint density at radius 3 is 2.33 bits per heavy atom. The molecule has 0 aliphatic carbocycles. The second-order valence-electron chi connectivity index (χ2n) is 6.39. The van der Waals surface area contributed by atoms with Gasteiger partial charge in [0.25, 0.3) is 10.0 Å². The number of nitrogens with zero attached hydrogens (tertiary/aromatic N) is 2. The van der Waals surface area contributed by atoms with E-state index in [1.165, 1.54) is 36.8 Å². The summed E-state index contributed by atoms with van der Waals surface area (Å²) in [4.78, 5) is 22.9. The topological polar surface area (TPSA) is 139 Å². The molecule has 1 aromatic carbocycles. The molecule has 2 aromatic heterocycles. The lowest BCUT2D eigenvalue weighted by Gasteiger charge is -2.11. The molecular formula is C21H19ClFN3O6S. The molecule has 0 atom stereocenters. The van der Waals surface area contributed by atoms with E-state index >= 15 is 0 Å². The van der Waals surface area contributed by atoms with E-state index in [1.54, 1.807) is 25.2 Å². The summed E-state index contributed by atoms with van der Waals surface area (Å²) < 4.78 is 41.4. The fourth-order valence-corrected chi connectivity index (χ4v) is 4.27. The molecule has 9 nitrogen and oxygen atoms in total. The summed E-state index contributed by atoms with van der Waals surface area (Å²) in [6.45, 7) is 0.442. The van der Waals surface area contributed by atoms with Crippen molar-refractivity contribution in [2.24, 2.45) is 0 Å². The highest BCUT2D eigenvalue weighted by molar-refractivity contribution is 7.90. The molecule has 3 aromatic rings. The van der Waals surface area contributed by atoms with Gasteiger partial charge in [0.2, 0.25) is 0 Å². The summed E-state index contributed by atoms with van der Waals surface area (Å²) in [5, 5.41) is 18.8. The molecule has 174 valence electrons. The Balaban J connectivity index is 0.000000414. The molecule has 33 heavy (non-hydrogen) atoms. The molecular weight excluding hydrogens is 477 g/mol. The van der Waals surface area contributed by atoms with E-state index in [0.717, 1.165) is 3.97 Å². The SMILES string of the molecule is CNCc1cc(-c2ccccc2F)n(S(=O)(=O)c2cncc(Cl)c2)c1.O=C(O)/C=C/C(=O)O. The Kier molecular flexibility index (Phi) is 8.85. The third-order valence-electron chi connectivity index (χ3n) is 3.98. The van der Waals surface area contributed by atoms with Gasteiger partial charge in [-0.25, -0.2) is 26.4 Å². The second-order valence-corrected chi connectivity index (χ2v) is 8.64. The lowest BCUT2D eigenvalue weighted by molar-refractivity contribution is -0.134. The number of halogens is 2. The van der Waals surface area contributed by atoms with E-state index in [4.69, 9.17) is 21.8 Å². The van der Waals surface area contributed by atoms with Crippen molar-refractivity contribution in [3.8, 4) is 11.3 Å². The molecule has 12 heteroatoms. The minimum absolute atomic E-state index is 0.0656. The van der Waals surface area contributed by atoms with Crippen molar-refractivity contribution in [1.82, 2.24) is 14.3 Å². The van der Waals surface area contributed by atoms with Gasteiger partial charge in [0.15, 0.2) is 0 Å². The van der Waals surface area contributed by atoms with Crippen LogP contribution < -0.4 is 5.32 Å². The normalized spacial score (nSPS) is 11.1. The molecule has 0 unspecified atom stereocenters. The fourth-order valence-electron chi connectivity index (χ4n) is 2.65. The van der Waals surface area contributed by atoms with Crippen molar-refractivity contribution in [2.45, 2.75) is 11.4 Å². The van der Waals surface area contributed by atoms with Crippen LogP contribution in [0.25, 0.3) is 11.3 Å². The number of rotatable bonds is 7. The molecule has 0 saturated carbocycles. The van der Waals surface area contributed by atoms with Crippen LogP contribution in [0.1, 0.15) is 5.56 Å². The average molecular weight is 496 g/mol. The Morgan fingerprint density at radius 1 is 1.15 bits per heavy atom. The van der Waals surface area contributed by atoms with Crippen molar-refractivity contribution in [3.05, 3.63) is 83.5 Å². The maximum Gasteiger partial charge on any atom is 0.328 e. The van der Waals surface area contributed by atoms with Crippen LogP contribution in [0.2, 0.25) is 5.02 Å². The van der Waals surface area contributed by atoms with Gasteiger partial charge in [-0.3, -0.25) is 4.98 Å². The number of aromatic nitrogens is 2. The van der Waals surface area contributed by atoms with Gasteiger partial charge in [0.1, 0.15) is 10.7 Å². The fraction of sp³-hybridized carbons (Fsp3) is 0.0952. The molecule has 0 aliphatic heterocycles. The lowest BCUT2D eigenvalue weighted by Crippen LogP contribution is -2.14. The smallest absolute Gasteiger partial charge is 0.328 e. The maximum absolute atomic E-state index is 14.2. The first-order chi connectivity index (χ1) is 15.6. The van der Waals surface area contributed by atoms with Crippen molar-refractivity contribution in [1.29, 1.82) is 0 Å². The van der Waals surface area contributed by atoms with Gasteiger partial charge in [-0.05, 0) is 36.9 Å². The third kappa shape index (κ3) is 6.97. The quantitative estimate of drug-likeness (QED) is 0.425. The van der Waals surface area contributed by atoms with Gasteiger partial charge >= 0.3 is 11.9 Å². The zero-order valence-electron chi connectivity index (χ0n) is 17.1. The van der Waals surface area contributed by atoms with Crippen LogP contribution in [0.15, 0.2) is 72.0 Å². The number of benzene rings is 1. The molecule has 0 saturated heterocycles. The number of pyridine rings is 1. The Morgan fingerprint density at radius 2 is 1.79 bits per heavy atom. The van der Waals surface area contributed by atoms with Gasteiger partial charge in [-0.15, -0.1) is 0 Å². The lowest BCUT2D eigenvalue weighted by atomic mass is 10.1. The van der Waals surface area contributed by atoms with Crippen LogP contribution in [0, 0.1) is 5.82 Å². The van der Waals surface area contributed by atoms with Crippen LogP contribution in [0.3, 0.4) is 0 Å². The Bertz CT molecular complexity index is 1270. The molecule has 0 radical (unpaired) electrons. The average Bonchev–Trinajstić information content (AvgIpc) is 3.18. The highest BCUT2D eigenvalue weighted by Crippen LogP contribution is 2.29. The van der Waals surface area contributed by atoms with Crippen LogP contribution >= 0.6 is 11.6 Å². The molecule has 0 bridgehead atoms. The third-order valence-corrected chi connectivity index (χ3v) is 5.82.